The third-order valence-electron chi connectivity index (χ3n) is 5.86. The lowest BCUT2D eigenvalue weighted by atomic mass is 10.00. The van der Waals surface area contributed by atoms with E-state index in [1.54, 1.807) is 35.3 Å². The summed E-state index contributed by atoms with van der Waals surface area (Å²) >= 11 is 1.63. The van der Waals surface area contributed by atoms with E-state index in [0.717, 1.165) is 33.9 Å². The van der Waals surface area contributed by atoms with E-state index in [1.807, 2.05) is 29.2 Å². The molecule has 2 aromatic rings. The maximum atomic E-state index is 13.6. The first-order valence-electron chi connectivity index (χ1n) is 9.72. The van der Waals surface area contributed by atoms with E-state index in [1.165, 1.54) is 0 Å². The summed E-state index contributed by atoms with van der Waals surface area (Å²) in [6.45, 7) is 1.13. The van der Waals surface area contributed by atoms with Gasteiger partial charge in [0.15, 0.2) is 0 Å². The Morgan fingerprint density at radius 1 is 1.07 bits per heavy atom. The van der Waals surface area contributed by atoms with Gasteiger partial charge >= 0.3 is 0 Å². The molecule has 152 valence electrons. The van der Waals surface area contributed by atoms with Gasteiger partial charge in [0.1, 0.15) is 5.75 Å². The first-order chi connectivity index (χ1) is 14.0. The van der Waals surface area contributed by atoms with Crippen LogP contribution in [0, 0.1) is 0 Å². The van der Waals surface area contributed by atoms with Crippen molar-refractivity contribution in [2.45, 2.75) is 29.5 Å². The highest BCUT2D eigenvalue weighted by molar-refractivity contribution is 8.01. The Labute approximate surface area is 174 Å². The average Bonchev–Trinajstić information content (AvgIpc) is 3.39. The number of ether oxygens (including phenoxy) is 1. The van der Waals surface area contributed by atoms with E-state index in [-0.39, 0.29) is 11.3 Å². The fraction of sp³-hybridized carbons (Fsp3) is 0.381. The molecular formula is C21H22N2O4S2. The van der Waals surface area contributed by atoms with Crippen LogP contribution < -0.4 is 9.64 Å². The molecule has 0 unspecified atom stereocenters. The highest BCUT2D eigenvalue weighted by atomic mass is 32.2. The van der Waals surface area contributed by atoms with Crippen molar-refractivity contribution in [1.82, 2.24) is 4.31 Å². The molecule has 2 aromatic carbocycles. The van der Waals surface area contributed by atoms with E-state index in [2.05, 4.69) is 0 Å². The molecule has 8 heteroatoms. The lowest BCUT2D eigenvalue weighted by Crippen LogP contribution is -2.33. The van der Waals surface area contributed by atoms with Crippen LogP contribution in [0.15, 0.2) is 41.3 Å². The van der Waals surface area contributed by atoms with Gasteiger partial charge in [0.05, 0.1) is 23.1 Å². The number of carbonyl (C=O) groups is 1. The third kappa shape index (κ3) is 3.05. The fourth-order valence-electron chi connectivity index (χ4n) is 4.47. The summed E-state index contributed by atoms with van der Waals surface area (Å²) in [7, 11) is -2.04. The number of carbonyl (C=O) groups excluding carboxylic acids is 1. The molecular weight excluding hydrogens is 408 g/mol. The zero-order valence-electron chi connectivity index (χ0n) is 16.1. The van der Waals surface area contributed by atoms with Gasteiger partial charge in [-0.1, -0.05) is 12.1 Å². The minimum absolute atomic E-state index is 0.140. The van der Waals surface area contributed by atoms with Crippen LogP contribution in [0.1, 0.15) is 28.5 Å². The Morgan fingerprint density at radius 3 is 2.66 bits per heavy atom. The first kappa shape index (κ1) is 19.0. The predicted octanol–water partition coefficient (Wildman–Crippen LogP) is 2.97. The van der Waals surface area contributed by atoms with Crippen molar-refractivity contribution < 1.29 is 17.9 Å². The second kappa shape index (κ2) is 7.04. The lowest BCUT2D eigenvalue weighted by molar-refractivity contribution is -0.118. The van der Waals surface area contributed by atoms with Crippen LogP contribution in [-0.4, -0.2) is 44.6 Å². The maximum absolute atomic E-state index is 13.6. The number of anilines is 1. The average molecular weight is 431 g/mol. The number of hydrogen-bond acceptors (Lipinski definition) is 5. The van der Waals surface area contributed by atoms with Crippen molar-refractivity contribution in [2.75, 3.05) is 30.9 Å². The summed E-state index contributed by atoms with van der Waals surface area (Å²) in [5.74, 6) is 1.61. The van der Waals surface area contributed by atoms with Crippen molar-refractivity contribution in [3.63, 3.8) is 0 Å². The molecule has 0 N–H and O–H groups in total. The molecule has 0 bridgehead atoms. The number of aryl methyl sites for hydroxylation is 1. The SMILES string of the molecule is COc1cccc([C@@H]2SCCN2S(=O)(=O)c2cc3c4c(c2)CCN4C(=O)CC3)c1. The highest BCUT2D eigenvalue weighted by Crippen LogP contribution is 2.44. The number of methoxy groups -OCH3 is 1. The molecule has 3 heterocycles. The Balaban J connectivity index is 1.53. The Hall–Kier alpha value is -2.03. The standard InChI is InChI=1S/C21H22N2O4S2/c1-27-17-4-2-3-16(11-17)21-23(9-10-28-21)29(25,26)18-12-14-5-6-19(24)22-8-7-15(13-18)20(14)22/h2-4,11-13,21H,5-10H2,1H3/t21-/m0/s1. The minimum atomic E-state index is -3.65. The van der Waals surface area contributed by atoms with Crippen LogP contribution in [-0.2, 0) is 27.7 Å². The highest BCUT2D eigenvalue weighted by Gasteiger charge is 2.39. The maximum Gasteiger partial charge on any atom is 0.244 e. The summed E-state index contributed by atoms with van der Waals surface area (Å²) < 4.78 is 34.1. The van der Waals surface area contributed by atoms with Crippen LogP contribution in [0.25, 0.3) is 0 Å². The molecule has 0 spiro atoms. The molecule has 1 fully saturated rings. The minimum Gasteiger partial charge on any atom is -0.497 e. The topological polar surface area (TPSA) is 66.9 Å². The van der Waals surface area contributed by atoms with Crippen LogP contribution in [0.2, 0.25) is 0 Å². The largest absolute Gasteiger partial charge is 0.497 e. The van der Waals surface area contributed by atoms with Crippen molar-refractivity contribution in [3.05, 3.63) is 53.1 Å². The Bertz CT molecular complexity index is 1100. The molecule has 5 rings (SSSR count). The molecule has 1 atom stereocenters. The van der Waals surface area contributed by atoms with Crippen LogP contribution in [0.4, 0.5) is 5.69 Å². The monoisotopic (exact) mass is 430 g/mol. The molecule has 3 aliphatic heterocycles. The molecule has 0 saturated carbocycles. The number of amides is 1. The van der Waals surface area contributed by atoms with Crippen molar-refractivity contribution in [2.24, 2.45) is 0 Å². The second-order valence-electron chi connectivity index (χ2n) is 7.50. The van der Waals surface area contributed by atoms with E-state index < -0.39 is 10.0 Å². The van der Waals surface area contributed by atoms with Crippen molar-refractivity contribution >= 4 is 33.4 Å². The van der Waals surface area contributed by atoms with Crippen LogP contribution >= 0.6 is 11.8 Å². The normalized spacial score (nSPS) is 21.5. The first-order valence-corrected chi connectivity index (χ1v) is 12.2. The van der Waals surface area contributed by atoms with Gasteiger partial charge in [-0.25, -0.2) is 8.42 Å². The summed E-state index contributed by atoms with van der Waals surface area (Å²) in [5, 5.41) is -0.266. The number of nitrogens with zero attached hydrogens (tertiary/aromatic N) is 2. The molecule has 29 heavy (non-hydrogen) atoms. The number of thioether (sulfide) groups is 1. The molecule has 0 aromatic heterocycles. The number of hydrogen-bond donors (Lipinski definition) is 0. The molecule has 0 aliphatic carbocycles. The van der Waals surface area contributed by atoms with E-state index in [0.29, 0.717) is 37.2 Å². The summed E-state index contributed by atoms with van der Waals surface area (Å²) in [6, 6.07) is 11.2. The zero-order valence-corrected chi connectivity index (χ0v) is 17.8. The van der Waals surface area contributed by atoms with Gasteiger partial charge in [-0.2, -0.15) is 4.31 Å². The van der Waals surface area contributed by atoms with E-state index >= 15 is 0 Å². The van der Waals surface area contributed by atoms with Gasteiger partial charge in [-0.05, 0) is 53.8 Å². The van der Waals surface area contributed by atoms with Gasteiger partial charge in [-0.15, -0.1) is 11.8 Å². The van der Waals surface area contributed by atoms with Gasteiger partial charge in [0.2, 0.25) is 15.9 Å². The van der Waals surface area contributed by atoms with Gasteiger partial charge in [0.25, 0.3) is 0 Å². The molecule has 3 aliphatic rings. The predicted molar refractivity (Wildman–Crippen MR) is 113 cm³/mol. The second-order valence-corrected chi connectivity index (χ2v) is 10.6. The van der Waals surface area contributed by atoms with Crippen LogP contribution in [0.3, 0.4) is 0 Å². The third-order valence-corrected chi connectivity index (χ3v) is 9.10. The summed E-state index contributed by atoms with van der Waals surface area (Å²) in [4.78, 5) is 14.3. The van der Waals surface area contributed by atoms with Gasteiger partial charge < -0.3 is 9.64 Å². The Morgan fingerprint density at radius 2 is 1.86 bits per heavy atom. The smallest absolute Gasteiger partial charge is 0.244 e. The zero-order chi connectivity index (χ0) is 20.2. The molecule has 6 nitrogen and oxygen atoms in total. The van der Waals surface area contributed by atoms with E-state index in [9.17, 15) is 13.2 Å². The summed E-state index contributed by atoms with van der Waals surface area (Å²) in [5.41, 5.74) is 3.82. The van der Waals surface area contributed by atoms with E-state index in [4.69, 9.17) is 4.74 Å². The van der Waals surface area contributed by atoms with Crippen LogP contribution in [0.5, 0.6) is 5.75 Å². The lowest BCUT2D eigenvalue weighted by Gasteiger charge is -2.27. The van der Waals surface area contributed by atoms with Crippen molar-refractivity contribution in [1.29, 1.82) is 0 Å². The quantitative estimate of drug-likeness (QED) is 0.746. The number of rotatable bonds is 4. The fourth-order valence-corrected chi connectivity index (χ4v) is 7.80. The van der Waals surface area contributed by atoms with Gasteiger partial charge in [0, 0.05) is 25.3 Å². The molecule has 0 radical (unpaired) electrons. The molecule has 1 saturated heterocycles. The molecule has 1 amide bonds. The number of sulfonamides is 1. The Kier molecular flexibility index (Phi) is 4.60. The van der Waals surface area contributed by atoms with Crippen molar-refractivity contribution in [3.8, 4) is 5.75 Å². The summed E-state index contributed by atoms with van der Waals surface area (Å²) in [6.07, 6.45) is 1.77. The number of benzene rings is 2. The van der Waals surface area contributed by atoms with Gasteiger partial charge in [-0.3, -0.25) is 4.79 Å².